The van der Waals surface area contributed by atoms with E-state index in [-0.39, 0.29) is 6.42 Å². The summed E-state index contributed by atoms with van der Waals surface area (Å²) in [7, 11) is 0. The number of rotatable bonds is 3. The van der Waals surface area contributed by atoms with Crippen molar-refractivity contribution in [3.8, 4) is 0 Å². The average Bonchev–Trinajstić information content (AvgIpc) is 1.81. The summed E-state index contributed by atoms with van der Waals surface area (Å²) < 4.78 is 3.88. The van der Waals surface area contributed by atoms with Crippen LogP contribution in [-0.2, 0) is 4.74 Å². The smallest absolute Gasteiger partial charge is 0.450 e. The monoisotopic (exact) mass is 149 g/mol. The lowest BCUT2D eigenvalue weighted by Crippen LogP contribution is -2.24. The van der Waals surface area contributed by atoms with Gasteiger partial charge in [-0.1, -0.05) is 6.92 Å². The molecule has 0 aromatic carbocycles. The van der Waals surface area contributed by atoms with E-state index in [0.717, 1.165) is 0 Å². The summed E-state index contributed by atoms with van der Waals surface area (Å²) in [6, 6.07) is 0. The summed E-state index contributed by atoms with van der Waals surface area (Å²) in [4.78, 5) is 18.8. The molecule has 6 heteroatoms. The van der Waals surface area contributed by atoms with Gasteiger partial charge >= 0.3 is 12.4 Å². The van der Waals surface area contributed by atoms with E-state index in [2.05, 4.69) is 4.74 Å². The molecular weight excluding hydrogens is 142 g/mol. The molecule has 58 valence electrons. The molecule has 6 nitrogen and oxygen atoms in total. The van der Waals surface area contributed by atoms with Gasteiger partial charge in [-0.15, -0.1) is 0 Å². The Kier molecular flexibility index (Phi) is 3.16. The molecule has 1 unspecified atom stereocenters. The Hall–Kier alpha value is -1.33. The van der Waals surface area contributed by atoms with Crippen LogP contribution in [0.1, 0.15) is 13.3 Å². The van der Waals surface area contributed by atoms with Gasteiger partial charge in [-0.25, -0.2) is 4.79 Å². The summed E-state index contributed by atoms with van der Waals surface area (Å²) in [5.41, 5.74) is 0. The molecule has 0 aromatic heterocycles. The van der Waals surface area contributed by atoms with Crippen LogP contribution in [-0.4, -0.2) is 22.4 Å². The molecule has 0 aliphatic carbocycles. The van der Waals surface area contributed by atoms with Crippen molar-refractivity contribution in [2.45, 2.75) is 19.6 Å². The zero-order chi connectivity index (χ0) is 8.15. The Morgan fingerprint density at radius 2 is 2.40 bits per heavy atom. The normalized spacial score (nSPS) is 12.1. The van der Waals surface area contributed by atoms with Gasteiger partial charge in [0.1, 0.15) is 0 Å². The molecule has 0 saturated carbocycles. The van der Waals surface area contributed by atoms with Gasteiger partial charge in [-0.3, -0.25) is 10.1 Å². The molecule has 0 bridgehead atoms. The van der Waals surface area contributed by atoms with Crippen molar-refractivity contribution in [3.63, 3.8) is 0 Å². The number of nitrogens with zero attached hydrogens (tertiary/aromatic N) is 1. The van der Waals surface area contributed by atoms with Crippen molar-refractivity contribution in [2.24, 2.45) is 0 Å². The van der Waals surface area contributed by atoms with Crippen molar-refractivity contribution < 1.29 is 19.6 Å². The first-order chi connectivity index (χ1) is 4.57. The van der Waals surface area contributed by atoms with Gasteiger partial charge in [-0.05, 0) is 0 Å². The minimum absolute atomic E-state index is 0.0410. The fourth-order valence-corrected chi connectivity index (χ4v) is 0.392. The molecule has 0 heterocycles. The van der Waals surface area contributed by atoms with Crippen molar-refractivity contribution in [1.82, 2.24) is 0 Å². The van der Waals surface area contributed by atoms with Crippen LogP contribution in [0.15, 0.2) is 0 Å². The highest BCUT2D eigenvalue weighted by molar-refractivity contribution is 5.56. The highest BCUT2D eigenvalue weighted by Crippen LogP contribution is 1.97. The third-order valence-corrected chi connectivity index (χ3v) is 0.821. The van der Waals surface area contributed by atoms with Gasteiger partial charge in [0.2, 0.25) is 0 Å². The van der Waals surface area contributed by atoms with Gasteiger partial charge in [0.05, 0.1) is 11.3 Å². The number of hydrogen-bond acceptors (Lipinski definition) is 4. The SMILES string of the molecule is CCC(OC(=O)O)[N+](=O)[O-]. The lowest BCUT2D eigenvalue weighted by Gasteiger charge is -2.03. The molecule has 0 spiro atoms. The quantitative estimate of drug-likeness (QED) is 0.276. The molecule has 0 aromatic rings. The topological polar surface area (TPSA) is 89.7 Å². The van der Waals surface area contributed by atoms with Crippen LogP contribution in [0.5, 0.6) is 0 Å². The zero-order valence-electron chi connectivity index (χ0n) is 5.31. The zero-order valence-corrected chi connectivity index (χ0v) is 5.31. The molecule has 0 aliphatic rings. The first-order valence-electron chi connectivity index (χ1n) is 2.61. The maximum absolute atomic E-state index is 9.88. The average molecular weight is 149 g/mol. The third-order valence-electron chi connectivity index (χ3n) is 0.821. The third kappa shape index (κ3) is 2.85. The van der Waals surface area contributed by atoms with E-state index in [1.54, 1.807) is 0 Å². The summed E-state index contributed by atoms with van der Waals surface area (Å²) in [6.07, 6.45) is -3.01. The molecule has 0 radical (unpaired) electrons. The highest BCUT2D eigenvalue weighted by Gasteiger charge is 2.21. The number of carboxylic acid groups (broad SMARTS) is 1. The second kappa shape index (κ2) is 3.65. The van der Waals surface area contributed by atoms with Gasteiger partial charge in [0.25, 0.3) is 0 Å². The van der Waals surface area contributed by atoms with Gasteiger partial charge in [-0.2, -0.15) is 0 Å². The van der Waals surface area contributed by atoms with Gasteiger partial charge in [0, 0.05) is 0 Å². The molecule has 0 saturated heterocycles. The maximum Gasteiger partial charge on any atom is 0.511 e. The lowest BCUT2D eigenvalue weighted by molar-refractivity contribution is -0.568. The number of nitro groups is 1. The van der Waals surface area contributed by atoms with Gasteiger partial charge in [0.15, 0.2) is 0 Å². The van der Waals surface area contributed by atoms with Gasteiger partial charge < -0.3 is 9.84 Å². The minimum Gasteiger partial charge on any atom is -0.450 e. The minimum atomic E-state index is -1.62. The second-order valence-electron chi connectivity index (χ2n) is 1.53. The summed E-state index contributed by atoms with van der Waals surface area (Å²) in [5, 5.41) is 17.8. The Bertz CT molecular complexity index is 145. The molecule has 0 rings (SSSR count). The lowest BCUT2D eigenvalue weighted by atomic mass is 10.4. The highest BCUT2D eigenvalue weighted by atomic mass is 16.7. The number of hydrogen-bond donors (Lipinski definition) is 1. The van der Waals surface area contributed by atoms with E-state index in [9.17, 15) is 14.9 Å². The predicted octanol–water partition coefficient (Wildman–Crippen LogP) is 0.694. The van der Waals surface area contributed by atoms with Crippen molar-refractivity contribution >= 4 is 6.16 Å². The van der Waals surface area contributed by atoms with Crippen LogP contribution in [0.25, 0.3) is 0 Å². The fraction of sp³-hybridized carbons (Fsp3) is 0.750. The van der Waals surface area contributed by atoms with E-state index < -0.39 is 17.3 Å². The Morgan fingerprint density at radius 3 is 2.50 bits per heavy atom. The standard InChI is InChI=1S/C4H7NO5/c1-2-3(5(8)9)10-4(6)7/h3H,2H2,1H3,(H,6,7). The van der Waals surface area contributed by atoms with Crippen LogP contribution < -0.4 is 0 Å². The van der Waals surface area contributed by atoms with Crippen molar-refractivity contribution in [2.75, 3.05) is 0 Å². The van der Waals surface area contributed by atoms with E-state index >= 15 is 0 Å². The predicted molar refractivity (Wildman–Crippen MR) is 30.2 cm³/mol. The molecule has 0 aliphatic heterocycles. The van der Waals surface area contributed by atoms with Crippen LogP contribution in [0.2, 0.25) is 0 Å². The molecular formula is C4H7NO5. The summed E-state index contributed by atoms with van der Waals surface area (Å²) in [6.45, 7) is 1.47. The molecule has 0 fully saturated rings. The number of carbonyl (C=O) groups is 1. The Morgan fingerprint density at radius 1 is 1.90 bits per heavy atom. The van der Waals surface area contributed by atoms with E-state index in [1.165, 1.54) is 6.92 Å². The van der Waals surface area contributed by atoms with E-state index in [0.29, 0.717) is 0 Å². The number of ether oxygens (including phenoxy) is 1. The van der Waals surface area contributed by atoms with Crippen LogP contribution >= 0.6 is 0 Å². The Labute approximate surface area is 56.6 Å². The van der Waals surface area contributed by atoms with E-state index in [4.69, 9.17) is 5.11 Å². The second-order valence-corrected chi connectivity index (χ2v) is 1.53. The Balaban J connectivity index is 3.83. The largest absolute Gasteiger partial charge is 0.511 e. The fourth-order valence-electron chi connectivity index (χ4n) is 0.392. The first-order valence-corrected chi connectivity index (χ1v) is 2.61. The van der Waals surface area contributed by atoms with Crippen LogP contribution in [0.4, 0.5) is 4.79 Å². The summed E-state index contributed by atoms with van der Waals surface area (Å²) >= 11 is 0. The van der Waals surface area contributed by atoms with E-state index in [1.807, 2.05) is 0 Å². The molecule has 1 N–H and O–H groups in total. The van der Waals surface area contributed by atoms with Crippen molar-refractivity contribution in [1.29, 1.82) is 0 Å². The maximum atomic E-state index is 9.88. The van der Waals surface area contributed by atoms with Crippen molar-refractivity contribution in [3.05, 3.63) is 10.1 Å². The molecule has 1 atom stereocenters. The summed E-state index contributed by atoms with van der Waals surface area (Å²) in [5.74, 6) is 0. The van der Waals surface area contributed by atoms with Crippen LogP contribution in [0, 0.1) is 10.1 Å². The first kappa shape index (κ1) is 8.67. The van der Waals surface area contributed by atoms with Crippen LogP contribution in [0.3, 0.4) is 0 Å². The molecule has 0 amide bonds. The molecule has 10 heavy (non-hydrogen) atoms.